The molecule has 0 fully saturated rings. The Morgan fingerprint density at radius 2 is 1.56 bits per heavy atom. The van der Waals surface area contributed by atoms with Gasteiger partial charge in [-0.3, -0.25) is 19.4 Å². The average molecular weight is 591 g/mol. The molecule has 0 radical (unpaired) electrons. The zero-order valence-electron chi connectivity index (χ0n) is 20.9. The lowest BCUT2D eigenvalue weighted by atomic mass is 10.1. The Kier molecular flexibility index (Phi) is 11.7. The van der Waals surface area contributed by atoms with Crippen LogP contribution in [0.15, 0.2) is 55.1 Å². The van der Waals surface area contributed by atoms with Crippen LogP contribution in [0.25, 0.3) is 0 Å². The van der Waals surface area contributed by atoms with Crippen LogP contribution in [0, 0.1) is 5.92 Å². The number of pyridine rings is 1. The normalized spacial score (nSPS) is 15.1. The fourth-order valence-electron chi connectivity index (χ4n) is 3.35. The molecule has 3 aromatic rings. The summed E-state index contributed by atoms with van der Waals surface area (Å²) in [5, 5.41) is 29.2. The first-order valence-corrected chi connectivity index (χ1v) is 11.4. The lowest BCUT2D eigenvalue weighted by Crippen LogP contribution is -2.36. The van der Waals surface area contributed by atoms with Gasteiger partial charge in [-0.1, -0.05) is 6.07 Å². The van der Waals surface area contributed by atoms with Crippen molar-refractivity contribution in [2.24, 2.45) is 5.92 Å². The van der Waals surface area contributed by atoms with Crippen LogP contribution < -0.4 is 5.32 Å². The van der Waals surface area contributed by atoms with Crippen molar-refractivity contribution in [3.63, 3.8) is 0 Å². The number of carboxylic acid groups (broad SMARTS) is 2. The average Bonchev–Trinajstić information content (AvgIpc) is 3.26. The molecule has 4 heterocycles. The van der Waals surface area contributed by atoms with E-state index in [0.717, 1.165) is 31.9 Å². The van der Waals surface area contributed by atoms with Crippen molar-refractivity contribution in [2.75, 3.05) is 13.1 Å². The molecule has 1 atom stereocenters. The van der Waals surface area contributed by atoms with Gasteiger partial charge in [0.2, 0.25) is 0 Å². The highest BCUT2D eigenvalue weighted by atomic mass is 19.4. The minimum atomic E-state index is -5.08. The zero-order chi connectivity index (χ0) is 30.6. The lowest BCUT2D eigenvalue weighted by molar-refractivity contribution is -0.193. The Bertz CT molecular complexity index is 1250. The van der Waals surface area contributed by atoms with Crippen LogP contribution in [0.1, 0.15) is 21.7 Å². The van der Waals surface area contributed by atoms with Gasteiger partial charge in [-0.15, -0.1) is 0 Å². The number of nitrogens with zero attached hydrogens (tertiary/aromatic N) is 6. The number of carbonyl (C=O) groups excluding carboxylic acids is 1. The van der Waals surface area contributed by atoms with Crippen LogP contribution in [0.4, 0.5) is 26.3 Å². The number of hydrogen-bond donors (Lipinski definition) is 3. The summed E-state index contributed by atoms with van der Waals surface area (Å²) in [5.74, 6) is -5.40. The van der Waals surface area contributed by atoms with E-state index in [2.05, 4.69) is 36.6 Å². The van der Waals surface area contributed by atoms with Crippen molar-refractivity contribution in [3.8, 4) is 0 Å². The fourth-order valence-corrected chi connectivity index (χ4v) is 3.35. The second kappa shape index (κ2) is 14.7. The van der Waals surface area contributed by atoms with Crippen LogP contribution in [-0.2, 0) is 29.2 Å². The summed E-state index contributed by atoms with van der Waals surface area (Å²) in [5.41, 5.74) is 2.73. The molecule has 0 saturated carbocycles. The number of alkyl halides is 6. The Morgan fingerprint density at radius 3 is 2.10 bits per heavy atom. The number of halogens is 6. The quantitative estimate of drug-likeness (QED) is 0.376. The van der Waals surface area contributed by atoms with Crippen LogP contribution in [0.2, 0.25) is 0 Å². The van der Waals surface area contributed by atoms with Gasteiger partial charge in [0.25, 0.3) is 5.91 Å². The maximum Gasteiger partial charge on any atom is 0.490 e. The number of rotatable bonds is 5. The van der Waals surface area contributed by atoms with E-state index in [1.165, 1.54) is 18.1 Å². The molecule has 0 spiro atoms. The number of amides is 1. The van der Waals surface area contributed by atoms with Gasteiger partial charge in [-0.25, -0.2) is 9.59 Å². The molecule has 12 nitrogen and oxygen atoms in total. The van der Waals surface area contributed by atoms with Gasteiger partial charge in [0.1, 0.15) is 0 Å². The van der Waals surface area contributed by atoms with Crippen LogP contribution in [0.5, 0.6) is 0 Å². The molecule has 41 heavy (non-hydrogen) atoms. The predicted octanol–water partition coefficient (Wildman–Crippen LogP) is 2.40. The van der Waals surface area contributed by atoms with Crippen LogP contribution >= 0.6 is 0 Å². The minimum Gasteiger partial charge on any atom is -0.475 e. The number of carbonyl (C=O) groups is 3. The molecule has 0 aromatic carbocycles. The molecule has 4 rings (SSSR count). The maximum atomic E-state index is 12.3. The van der Waals surface area contributed by atoms with Crippen molar-refractivity contribution < 1.29 is 50.9 Å². The Labute approximate surface area is 227 Å². The predicted molar refractivity (Wildman–Crippen MR) is 126 cm³/mol. The van der Waals surface area contributed by atoms with E-state index in [-0.39, 0.29) is 11.8 Å². The summed E-state index contributed by atoms with van der Waals surface area (Å²) in [6.45, 7) is 3.78. The SMILES string of the molecule is O=C(NCC1CN(Cc2ccccn2)Cc2ccnn2C1)c1ccnnc1.O=C(O)C(F)(F)F.O=C(O)C(F)(F)F. The molecule has 0 aliphatic carbocycles. The Hall–Kier alpha value is -4.61. The summed E-state index contributed by atoms with van der Waals surface area (Å²) < 4.78 is 65.5. The Balaban J connectivity index is 0.000000349. The third kappa shape index (κ3) is 11.6. The molecule has 1 unspecified atom stereocenters. The Morgan fingerprint density at radius 1 is 0.902 bits per heavy atom. The first-order valence-electron chi connectivity index (χ1n) is 11.4. The molecular weight excluding hydrogens is 568 g/mol. The van der Waals surface area contributed by atoms with E-state index < -0.39 is 24.3 Å². The molecule has 3 aromatic heterocycles. The van der Waals surface area contributed by atoms with Crippen molar-refractivity contribution in [1.82, 2.24) is 35.2 Å². The van der Waals surface area contributed by atoms with Crippen molar-refractivity contribution in [3.05, 3.63) is 72.1 Å². The molecule has 1 aliphatic heterocycles. The van der Waals surface area contributed by atoms with Crippen molar-refractivity contribution >= 4 is 17.8 Å². The molecule has 222 valence electrons. The first kappa shape index (κ1) is 32.6. The van der Waals surface area contributed by atoms with E-state index in [9.17, 15) is 31.1 Å². The summed E-state index contributed by atoms with van der Waals surface area (Å²) in [6, 6.07) is 9.68. The molecule has 1 amide bonds. The van der Waals surface area contributed by atoms with Gasteiger partial charge in [0.15, 0.2) is 0 Å². The smallest absolute Gasteiger partial charge is 0.475 e. The number of aromatic nitrogens is 5. The third-order valence-corrected chi connectivity index (χ3v) is 5.13. The largest absolute Gasteiger partial charge is 0.490 e. The summed E-state index contributed by atoms with van der Waals surface area (Å²) in [6.07, 6.45) is -3.53. The minimum absolute atomic E-state index is 0.133. The highest BCUT2D eigenvalue weighted by molar-refractivity contribution is 5.93. The van der Waals surface area contributed by atoms with Gasteiger partial charge in [0, 0.05) is 51.0 Å². The molecule has 0 bridgehead atoms. The zero-order valence-corrected chi connectivity index (χ0v) is 20.9. The summed E-state index contributed by atoms with van der Waals surface area (Å²) in [4.78, 5) is 36.9. The highest BCUT2D eigenvalue weighted by Gasteiger charge is 2.38. The molecule has 0 saturated heterocycles. The molecule has 18 heteroatoms. The molecule has 3 N–H and O–H groups in total. The standard InChI is InChI=1S/C19H21N7O.2C2HF3O2/c27-19(16-4-7-22-23-10-16)21-9-15-11-25(13-17-3-1-2-6-20-17)14-18-5-8-24-26(18)12-15;2*3-2(4,5)1(6)7/h1-8,10,15H,9,11-14H2,(H,21,27);2*(H,6,7). The van der Waals surface area contributed by atoms with Crippen molar-refractivity contribution in [2.45, 2.75) is 32.0 Å². The van der Waals surface area contributed by atoms with Gasteiger partial charge in [-0.2, -0.15) is 41.6 Å². The van der Waals surface area contributed by atoms with Gasteiger partial charge >= 0.3 is 24.3 Å². The number of nitrogens with one attached hydrogen (secondary N) is 1. The summed E-state index contributed by atoms with van der Waals surface area (Å²) >= 11 is 0. The number of aliphatic carboxylic acids is 2. The fraction of sp³-hybridized carbons (Fsp3) is 0.348. The van der Waals surface area contributed by atoms with E-state index >= 15 is 0 Å². The summed E-state index contributed by atoms with van der Waals surface area (Å²) in [7, 11) is 0. The number of hydrogen-bond acceptors (Lipinski definition) is 8. The van der Waals surface area contributed by atoms with Gasteiger partial charge in [-0.05, 0) is 24.3 Å². The van der Waals surface area contributed by atoms with Crippen LogP contribution in [-0.4, -0.2) is 83.4 Å². The maximum absolute atomic E-state index is 12.3. The van der Waals surface area contributed by atoms with E-state index in [1.54, 1.807) is 6.07 Å². The van der Waals surface area contributed by atoms with Crippen molar-refractivity contribution in [1.29, 1.82) is 0 Å². The second-order valence-electron chi connectivity index (χ2n) is 8.31. The van der Waals surface area contributed by atoms with E-state index in [1.807, 2.05) is 35.3 Å². The molecular formula is C23H23F6N7O5. The lowest BCUT2D eigenvalue weighted by Gasteiger charge is -2.23. The monoisotopic (exact) mass is 591 g/mol. The van der Waals surface area contributed by atoms with Crippen LogP contribution in [0.3, 0.4) is 0 Å². The number of carboxylic acids is 2. The van der Waals surface area contributed by atoms with E-state index in [4.69, 9.17) is 19.8 Å². The third-order valence-electron chi connectivity index (χ3n) is 5.13. The number of fused-ring (bicyclic) bond motifs is 1. The topological polar surface area (TPSA) is 163 Å². The second-order valence-corrected chi connectivity index (χ2v) is 8.31. The van der Waals surface area contributed by atoms with Gasteiger partial charge < -0.3 is 15.5 Å². The first-order chi connectivity index (χ1) is 19.2. The van der Waals surface area contributed by atoms with E-state index in [0.29, 0.717) is 12.1 Å². The van der Waals surface area contributed by atoms with Gasteiger partial charge in [0.05, 0.1) is 29.3 Å². The molecule has 1 aliphatic rings. The highest BCUT2D eigenvalue weighted by Crippen LogP contribution is 2.18.